The Bertz CT molecular complexity index is 365. The first-order chi connectivity index (χ1) is 8.18. The molecule has 0 saturated heterocycles. The van der Waals surface area contributed by atoms with Crippen molar-refractivity contribution in [1.82, 2.24) is 10.3 Å². The lowest BCUT2D eigenvalue weighted by Gasteiger charge is -2.04. The van der Waals surface area contributed by atoms with Gasteiger partial charge >= 0.3 is 5.97 Å². The summed E-state index contributed by atoms with van der Waals surface area (Å²) >= 11 is 0. The number of nitrogens with zero attached hydrogens (tertiary/aromatic N) is 1. The monoisotopic (exact) mass is 236 g/mol. The molecule has 1 aromatic heterocycles. The minimum absolute atomic E-state index is 0.0354. The molecule has 0 radical (unpaired) electrons. The number of carbonyl (C=O) groups is 2. The Morgan fingerprint density at radius 1 is 1.29 bits per heavy atom. The van der Waals surface area contributed by atoms with E-state index in [1.165, 1.54) is 0 Å². The maximum atomic E-state index is 11.3. The van der Waals surface area contributed by atoms with Gasteiger partial charge in [-0.3, -0.25) is 14.6 Å². The molecule has 1 amide bonds. The van der Waals surface area contributed by atoms with E-state index < -0.39 is 5.97 Å². The van der Waals surface area contributed by atoms with E-state index >= 15 is 0 Å². The zero-order valence-corrected chi connectivity index (χ0v) is 9.56. The average Bonchev–Trinajstić information content (AvgIpc) is 2.30. The molecule has 0 aliphatic rings. The average molecular weight is 236 g/mol. The first kappa shape index (κ1) is 13.2. The molecule has 5 heteroatoms. The van der Waals surface area contributed by atoms with E-state index in [0.29, 0.717) is 19.4 Å². The quantitative estimate of drug-likeness (QED) is 0.740. The summed E-state index contributed by atoms with van der Waals surface area (Å²) in [5, 5.41) is 11.1. The largest absolute Gasteiger partial charge is 0.481 e. The molecule has 1 aromatic rings. The first-order valence-electron chi connectivity index (χ1n) is 5.57. The van der Waals surface area contributed by atoms with E-state index in [9.17, 15) is 9.59 Å². The minimum Gasteiger partial charge on any atom is -0.481 e. The number of hydrogen-bond donors (Lipinski definition) is 2. The third-order valence-corrected chi connectivity index (χ3v) is 2.22. The highest BCUT2D eigenvalue weighted by molar-refractivity contribution is 5.76. The normalized spacial score (nSPS) is 9.88. The number of amides is 1. The van der Waals surface area contributed by atoms with Crippen LogP contribution < -0.4 is 5.32 Å². The fourth-order valence-corrected chi connectivity index (χ4v) is 1.36. The molecule has 0 spiro atoms. The Labute approximate surface area is 99.9 Å². The van der Waals surface area contributed by atoms with Gasteiger partial charge in [0.05, 0.1) is 0 Å². The minimum atomic E-state index is -0.869. The second-order valence-corrected chi connectivity index (χ2v) is 3.67. The van der Waals surface area contributed by atoms with Gasteiger partial charge in [0.2, 0.25) is 5.91 Å². The predicted molar refractivity (Wildman–Crippen MR) is 62.4 cm³/mol. The van der Waals surface area contributed by atoms with E-state index in [1.807, 2.05) is 18.2 Å². The van der Waals surface area contributed by atoms with Gasteiger partial charge in [-0.05, 0) is 18.6 Å². The number of carbonyl (C=O) groups excluding carboxylic acids is 1. The summed E-state index contributed by atoms with van der Waals surface area (Å²) in [6.07, 6.45) is 3.07. The van der Waals surface area contributed by atoms with Crippen LogP contribution in [0.4, 0.5) is 0 Å². The number of rotatable bonds is 7. The van der Waals surface area contributed by atoms with Gasteiger partial charge in [0.1, 0.15) is 0 Å². The molecule has 0 bridgehead atoms. The molecule has 0 aromatic carbocycles. The maximum absolute atomic E-state index is 11.3. The molecule has 1 rings (SSSR count). The van der Waals surface area contributed by atoms with Gasteiger partial charge in [0, 0.05) is 37.7 Å². The number of aliphatic carboxylic acids is 1. The lowest BCUT2D eigenvalue weighted by atomic mass is 10.2. The summed E-state index contributed by atoms with van der Waals surface area (Å²) in [7, 11) is 0. The second kappa shape index (κ2) is 7.38. The molecule has 0 aliphatic carbocycles. The van der Waals surface area contributed by atoms with Crippen LogP contribution in [0, 0.1) is 0 Å². The number of pyridine rings is 1. The van der Waals surface area contributed by atoms with Crippen molar-refractivity contribution in [1.29, 1.82) is 0 Å². The van der Waals surface area contributed by atoms with Gasteiger partial charge < -0.3 is 10.4 Å². The van der Waals surface area contributed by atoms with E-state index in [-0.39, 0.29) is 18.7 Å². The van der Waals surface area contributed by atoms with Crippen LogP contribution in [-0.4, -0.2) is 28.5 Å². The summed E-state index contributed by atoms with van der Waals surface area (Å²) in [4.78, 5) is 25.7. The Kier molecular flexibility index (Phi) is 5.71. The van der Waals surface area contributed by atoms with Crippen molar-refractivity contribution in [2.75, 3.05) is 6.54 Å². The first-order valence-corrected chi connectivity index (χ1v) is 5.57. The van der Waals surface area contributed by atoms with Crippen molar-refractivity contribution in [3.63, 3.8) is 0 Å². The third-order valence-electron chi connectivity index (χ3n) is 2.22. The Morgan fingerprint density at radius 3 is 2.76 bits per heavy atom. The topological polar surface area (TPSA) is 79.3 Å². The Morgan fingerprint density at radius 2 is 2.12 bits per heavy atom. The molecule has 0 saturated carbocycles. The summed E-state index contributed by atoms with van der Waals surface area (Å²) in [6.45, 7) is 0.531. The van der Waals surface area contributed by atoms with Crippen molar-refractivity contribution in [3.8, 4) is 0 Å². The number of aromatic nitrogens is 1. The number of carboxylic acids is 1. The number of hydrogen-bond acceptors (Lipinski definition) is 3. The van der Waals surface area contributed by atoms with Crippen molar-refractivity contribution in [2.45, 2.75) is 25.7 Å². The van der Waals surface area contributed by atoms with Gasteiger partial charge in [-0.15, -0.1) is 0 Å². The van der Waals surface area contributed by atoms with Crippen LogP contribution in [0.2, 0.25) is 0 Å². The highest BCUT2D eigenvalue weighted by Gasteiger charge is 2.03. The SMILES string of the molecule is O=C(O)CCCC(=O)NCCc1ccccn1. The van der Waals surface area contributed by atoms with Crippen LogP contribution in [0.1, 0.15) is 25.0 Å². The van der Waals surface area contributed by atoms with Crippen molar-refractivity contribution in [3.05, 3.63) is 30.1 Å². The zero-order chi connectivity index (χ0) is 12.5. The fourth-order valence-electron chi connectivity index (χ4n) is 1.36. The van der Waals surface area contributed by atoms with Crippen LogP contribution >= 0.6 is 0 Å². The molecule has 5 nitrogen and oxygen atoms in total. The van der Waals surface area contributed by atoms with Gasteiger partial charge in [-0.25, -0.2) is 0 Å². The molecule has 92 valence electrons. The summed E-state index contributed by atoms with van der Waals surface area (Å²) in [5.74, 6) is -0.978. The van der Waals surface area contributed by atoms with Crippen molar-refractivity contribution >= 4 is 11.9 Å². The van der Waals surface area contributed by atoms with Crippen LogP contribution in [0.5, 0.6) is 0 Å². The fraction of sp³-hybridized carbons (Fsp3) is 0.417. The summed E-state index contributed by atoms with van der Waals surface area (Å²) in [6, 6.07) is 5.64. The molecular weight excluding hydrogens is 220 g/mol. The number of carboxylic acid groups (broad SMARTS) is 1. The highest BCUT2D eigenvalue weighted by Crippen LogP contribution is 1.96. The van der Waals surface area contributed by atoms with Crippen LogP contribution in [0.15, 0.2) is 24.4 Å². The van der Waals surface area contributed by atoms with Gasteiger partial charge in [-0.2, -0.15) is 0 Å². The molecule has 17 heavy (non-hydrogen) atoms. The lowest BCUT2D eigenvalue weighted by Crippen LogP contribution is -2.25. The van der Waals surface area contributed by atoms with E-state index in [1.54, 1.807) is 6.20 Å². The van der Waals surface area contributed by atoms with Crippen LogP contribution in [-0.2, 0) is 16.0 Å². The molecular formula is C12H16N2O3. The molecule has 0 unspecified atom stereocenters. The molecule has 0 aliphatic heterocycles. The second-order valence-electron chi connectivity index (χ2n) is 3.67. The van der Waals surface area contributed by atoms with E-state index in [0.717, 1.165) is 5.69 Å². The van der Waals surface area contributed by atoms with Crippen molar-refractivity contribution < 1.29 is 14.7 Å². The Hall–Kier alpha value is -1.91. The van der Waals surface area contributed by atoms with Gasteiger partial charge in [0.25, 0.3) is 0 Å². The maximum Gasteiger partial charge on any atom is 0.303 e. The standard InChI is InChI=1S/C12H16N2O3/c15-11(5-3-6-12(16)17)14-9-7-10-4-1-2-8-13-10/h1-2,4,8H,3,5-7,9H2,(H,14,15)(H,16,17). The highest BCUT2D eigenvalue weighted by atomic mass is 16.4. The molecule has 2 N–H and O–H groups in total. The van der Waals surface area contributed by atoms with Crippen LogP contribution in [0.3, 0.4) is 0 Å². The smallest absolute Gasteiger partial charge is 0.303 e. The van der Waals surface area contributed by atoms with Gasteiger partial charge in [-0.1, -0.05) is 6.07 Å². The molecule has 0 fully saturated rings. The van der Waals surface area contributed by atoms with Crippen LogP contribution in [0.25, 0.3) is 0 Å². The molecule has 0 atom stereocenters. The third kappa shape index (κ3) is 6.29. The van der Waals surface area contributed by atoms with E-state index in [2.05, 4.69) is 10.3 Å². The zero-order valence-electron chi connectivity index (χ0n) is 9.56. The number of nitrogens with one attached hydrogen (secondary N) is 1. The Balaban J connectivity index is 2.10. The summed E-state index contributed by atoms with van der Waals surface area (Å²) in [5.41, 5.74) is 0.929. The van der Waals surface area contributed by atoms with Gasteiger partial charge in [0.15, 0.2) is 0 Å². The molecule has 1 heterocycles. The van der Waals surface area contributed by atoms with E-state index in [4.69, 9.17) is 5.11 Å². The van der Waals surface area contributed by atoms with Crippen molar-refractivity contribution in [2.24, 2.45) is 0 Å². The predicted octanol–water partition coefficient (Wildman–Crippen LogP) is 0.995. The lowest BCUT2D eigenvalue weighted by molar-refractivity contribution is -0.137. The summed E-state index contributed by atoms with van der Waals surface area (Å²) < 4.78 is 0.